The zero-order chi connectivity index (χ0) is 8.97. The number of aliphatic imine (C=N–C) groups is 1. The molecular weight excluding hydrogens is 152 g/mol. The molecule has 0 aromatic carbocycles. The van der Waals surface area contributed by atoms with Gasteiger partial charge in [0.2, 0.25) is 0 Å². The van der Waals surface area contributed by atoms with Crippen LogP contribution in [0.4, 0.5) is 0 Å². The molecule has 1 saturated heterocycles. The number of rotatable bonds is 2. The lowest BCUT2D eigenvalue weighted by Crippen LogP contribution is -2.20. The van der Waals surface area contributed by atoms with Crippen LogP contribution in [0, 0.1) is 18.3 Å². The summed E-state index contributed by atoms with van der Waals surface area (Å²) in [5.74, 6) is 3.53. The SMILES string of the molecule is C#CC(N=C(C)N)C1CCOC1. The maximum atomic E-state index is 5.45. The fraction of sp³-hybridized carbons (Fsp3) is 0.667. The van der Waals surface area contributed by atoms with E-state index in [0.29, 0.717) is 18.4 Å². The second-order valence-electron chi connectivity index (χ2n) is 3.01. The Morgan fingerprint density at radius 2 is 2.58 bits per heavy atom. The second kappa shape index (κ2) is 4.13. The Labute approximate surface area is 73.0 Å². The van der Waals surface area contributed by atoms with E-state index >= 15 is 0 Å². The van der Waals surface area contributed by atoms with Crippen LogP contribution in [-0.2, 0) is 4.74 Å². The molecule has 0 aliphatic carbocycles. The quantitative estimate of drug-likeness (QED) is 0.367. The first-order valence-corrected chi connectivity index (χ1v) is 4.08. The van der Waals surface area contributed by atoms with Gasteiger partial charge in [0.15, 0.2) is 0 Å². The van der Waals surface area contributed by atoms with Crippen LogP contribution in [0.1, 0.15) is 13.3 Å². The molecule has 2 unspecified atom stereocenters. The van der Waals surface area contributed by atoms with Crippen LogP contribution in [0.5, 0.6) is 0 Å². The van der Waals surface area contributed by atoms with Gasteiger partial charge in [-0.2, -0.15) is 0 Å². The Bertz CT molecular complexity index is 207. The van der Waals surface area contributed by atoms with Crippen LogP contribution in [0.3, 0.4) is 0 Å². The van der Waals surface area contributed by atoms with Gasteiger partial charge in [0.05, 0.1) is 12.4 Å². The molecule has 3 nitrogen and oxygen atoms in total. The smallest absolute Gasteiger partial charge is 0.117 e. The first-order valence-electron chi connectivity index (χ1n) is 4.08. The van der Waals surface area contributed by atoms with E-state index in [1.165, 1.54) is 0 Å². The monoisotopic (exact) mass is 166 g/mol. The highest BCUT2D eigenvalue weighted by Gasteiger charge is 2.23. The minimum absolute atomic E-state index is 0.0995. The van der Waals surface area contributed by atoms with Crippen molar-refractivity contribution in [3.05, 3.63) is 0 Å². The molecule has 0 saturated carbocycles. The van der Waals surface area contributed by atoms with Gasteiger partial charge in [-0.15, -0.1) is 6.42 Å². The second-order valence-corrected chi connectivity index (χ2v) is 3.01. The average molecular weight is 166 g/mol. The lowest BCUT2D eigenvalue weighted by atomic mass is 10.0. The Balaban J connectivity index is 2.56. The van der Waals surface area contributed by atoms with Crippen molar-refractivity contribution in [1.82, 2.24) is 0 Å². The Kier molecular flexibility index (Phi) is 3.12. The van der Waals surface area contributed by atoms with Crippen LogP contribution < -0.4 is 5.73 Å². The van der Waals surface area contributed by atoms with Crippen LogP contribution in [-0.4, -0.2) is 25.1 Å². The van der Waals surface area contributed by atoms with Gasteiger partial charge in [0, 0.05) is 12.5 Å². The molecule has 1 rings (SSSR count). The van der Waals surface area contributed by atoms with Gasteiger partial charge in [-0.3, -0.25) is 4.99 Å². The molecule has 1 fully saturated rings. The van der Waals surface area contributed by atoms with Crippen molar-refractivity contribution in [1.29, 1.82) is 0 Å². The van der Waals surface area contributed by atoms with E-state index in [-0.39, 0.29) is 6.04 Å². The number of nitrogens with two attached hydrogens (primary N) is 1. The maximum absolute atomic E-state index is 5.45. The highest BCUT2D eigenvalue weighted by atomic mass is 16.5. The van der Waals surface area contributed by atoms with Crippen LogP contribution in [0.15, 0.2) is 4.99 Å². The molecule has 1 heterocycles. The average Bonchev–Trinajstić information content (AvgIpc) is 2.51. The highest BCUT2D eigenvalue weighted by Crippen LogP contribution is 2.18. The van der Waals surface area contributed by atoms with Crippen molar-refractivity contribution in [3.8, 4) is 12.3 Å². The molecule has 1 aliphatic heterocycles. The van der Waals surface area contributed by atoms with Crippen molar-refractivity contribution in [2.24, 2.45) is 16.6 Å². The summed E-state index contributed by atoms with van der Waals surface area (Å²) >= 11 is 0. The first-order chi connectivity index (χ1) is 5.74. The van der Waals surface area contributed by atoms with E-state index in [9.17, 15) is 0 Å². The summed E-state index contributed by atoms with van der Waals surface area (Å²) in [5.41, 5.74) is 5.45. The maximum Gasteiger partial charge on any atom is 0.117 e. The number of amidine groups is 1. The predicted molar refractivity (Wildman–Crippen MR) is 48.8 cm³/mol. The Morgan fingerprint density at radius 3 is 3.00 bits per heavy atom. The summed E-state index contributed by atoms with van der Waals surface area (Å²) in [4.78, 5) is 4.16. The molecule has 0 bridgehead atoms. The first kappa shape index (κ1) is 9.08. The van der Waals surface area contributed by atoms with Crippen molar-refractivity contribution in [2.45, 2.75) is 19.4 Å². The summed E-state index contributed by atoms with van der Waals surface area (Å²) in [5, 5.41) is 0. The number of nitrogens with zero attached hydrogens (tertiary/aromatic N) is 1. The topological polar surface area (TPSA) is 47.6 Å². The Morgan fingerprint density at radius 1 is 1.83 bits per heavy atom. The fourth-order valence-corrected chi connectivity index (χ4v) is 1.30. The number of terminal acetylenes is 1. The summed E-state index contributed by atoms with van der Waals surface area (Å²) in [6.07, 6.45) is 6.32. The predicted octanol–water partition coefficient (Wildman–Crippen LogP) is 0.402. The molecule has 0 spiro atoms. The molecule has 2 atom stereocenters. The lowest BCUT2D eigenvalue weighted by molar-refractivity contribution is 0.184. The van der Waals surface area contributed by atoms with Gasteiger partial charge in [0.1, 0.15) is 6.04 Å². The van der Waals surface area contributed by atoms with Gasteiger partial charge in [-0.25, -0.2) is 0 Å². The molecule has 0 aromatic heterocycles. The Hall–Kier alpha value is -1.01. The number of hydrogen-bond acceptors (Lipinski definition) is 2. The van der Waals surface area contributed by atoms with Crippen LogP contribution in [0.25, 0.3) is 0 Å². The van der Waals surface area contributed by atoms with E-state index in [1.54, 1.807) is 6.92 Å². The zero-order valence-corrected chi connectivity index (χ0v) is 7.29. The lowest BCUT2D eigenvalue weighted by Gasteiger charge is -2.11. The van der Waals surface area contributed by atoms with Gasteiger partial charge in [-0.05, 0) is 13.3 Å². The van der Waals surface area contributed by atoms with Crippen molar-refractivity contribution in [2.75, 3.05) is 13.2 Å². The van der Waals surface area contributed by atoms with Crippen molar-refractivity contribution < 1.29 is 4.74 Å². The normalized spacial score (nSPS) is 26.7. The van der Waals surface area contributed by atoms with Crippen LogP contribution in [0.2, 0.25) is 0 Å². The highest BCUT2D eigenvalue weighted by molar-refractivity contribution is 5.77. The van der Waals surface area contributed by atoms with E-state index in [0.717, 1.165) is 13.0 Å². The van der Waals surface area contributed by atoms with E-state index in [2.05, 4.69) is 10.9 Å². The van der Waals surface area contributed by atoms with Gasteiger partial charge >= 0.3 is 0 Å². The number of ether oxygens (including phenoxy) is 1. The third kappa shape index (κ3) is 2.24. The third-order valence-electron chi connectivity index (χ3n) is 1.92. The summed E-state index contributed by atoms with van der Waals surface area (Å²) in [7, 11) is 0. The van der Waals surface area contributed by atoms with E-state index in [4.69, 9.17) is 16.9 Å². The molecule has 2 N–H and O–H groups in total. The molecule has 66 valence electrons. The third-order valence-corrected chi connectivity index (χ3v) is 1.92. The zero-order valence-electron chi connectivity index (χ0n) is 7.29. The standard InChI is InChI=1S/C9H14N2O/c1-3-9(11-7(2)10)8-4-5-12-6-8/h1,8-9H,4-6H2,2H3,(H2,10,11). The van der Waals surface area contributed by atoms with E-state index < -0.39 is 0 Å². The molecule has 0 amide bonds. The van der Waals surface area contributed by atoms with Gasteiger partial charge < -0.3 is 10.5 Å². The molecule has 0 radical (unpaired) electrons. The molecular formula is C9H14N2O. The molecule has 3 heteroatoms. The fourth-order valence-electron chi connectivity index (χ4n) is 1.30. The van der Waals surface area contributed by atoms with Crippen LogP contribution >= 0.6 is 0 Å². The summed E-state index contributed by atoms with van der Waals surface area (Å²) < 4.78 is 5.22. The molecule has 0 aromatic rings. The van der Waals surface area contributed by atoms with Crippen molar-refractivity contribution >= 4 is 5.84 Å². The van der Waals surface area contributed by atoms with Gasteiger partial charge in [0.25, 0.3) is 0 Å². The summed E-state index contributed by atoms with van der Waals surface area (Å²) in [6.45, 7) is 3.26. The minimum Gasteiger partial charge on any atom is -0.388 e. The summed E-state index contributed by atoms with van der Waals surface area (Å²) in [6, 6.07) is -0.0995. The molecule has 12 heavy (non-hydrogen) atoms. The number of hydrogen-bond donors (Lipinski definition) is 1. The van der Waals surface area contributed by atoms with Gasteiger partial charge in [-0.1, -0.05) is 5.92 Å². The minimum atomic E-state index is -0.0995. The van der Waals surface area contributed by atoms with E-state index in [1.807, 2.05) is 0 Å². The largest absolute Gasteiger partial charge is 0.388 e. The van der Waals surface area contributed by atoms with Crippen molar-refractivity contribution in [3.63, 3.8) is 0 Å². The molecule has 1 aliphatic rings.